The van der Waals surface area contributed by atoms with Crippen molar-refractivity contribution in [3.8, 4) is 0 Å². The van der Waals surface area contributed by atoms with Crippen LogP contribution in [-0.2, 0) is 23.7 Å². The maximum Gasteiger partial charge on any atom is 0.220 e. The summed E-state index contributed by atoms with van der Waals surface area (Å²) >= 11 is 0. The van der Waals surface area contributed by atoms with Gasteiger partial charge in [0.15, 0.2) is 12.6 Å². The zero-order valence-electron chi connectivity index (χ0n) is 56.5. The molecule has 518 valence electrons. The summed E-state index contributed by atoms with van der Waals surface area (Å²) in [6.45, 7) is 2.82. The maximum atomic E-state index is 13.3. The molecule has 2 rings (SSSR count). The van der Waals surface area contributed by atoms with Gasteiger partial charge in [0.1, 0.15) is 48.8 Å². The molecule has 9 N–H and O–H groups in total. The van der Waals surface area contributed by atoms with Crippen molar-refractivity contribution >= 4 is 5.91 Å². The number of hydrogen-bond acceptors (Lipinski definition) is 13. The van der Waals surface area contributed by atoms with Crippen molar-refractivity contribution in [2.75, 3.05) is 19.8 Å². The minimum absolute atomic E-state index is 0.243. The Morgan fingerprint density at radius 3 is 1.11 bits per heavy atom. The van der Waals surface area contributed by atoms with Crippen LogP contribution in [0.5, 0.6) is 0 Å². The summed E-state index contributed by atoms with van der Waals surface area (Å²) in [7, 11) is 0. The molecule has 88 heavy (non-hydrogen) atoms. The van der Waals surface area contributed by atoms with E-state index in [2.05, 4.69) is 43.5 Å². The van der Waals surface area contributed by atoms with Gasteiger partial charge in [-0.2, -0.15) is 0 Å². The molecule has 0 aliphatic carbocycles. The van der Waals surface area contributed by atoms with Crippen molar-refractivity contribution in [3.05, 3.63) is 36.5 Å². The zero-order valence-corrected chi connectivity index (χ0v) is 56.5. The fourth-order valence-electron chi connectivity index (χ4n) is 12.4. The summed E-state index contributed by atoms with van der Waals surface area (Å²) in [4.78, 5) is 13.3. The van der Waals surface area contributed by atoms with E-state index < -0.39 is 86.8 Å². The molecule has 0 aromatic carbocycles. The first kappa shape index (κ1) is 82.3. The fourth-order valence-corrected chi connectivity index (χ4v) is 12.4. The quantitative estimate of drug-likeness (QED) is 0.0204. The predicted octanol–water partition coefficient (Wildman–Crippen LogP) is 15.7. The number of unbranched alkanes of at least 4 members (excludes halogenated alkanes) is 45. The van der Waals surface area contributed by atoms with E-state index in [-0.39, 0.29) is 18.9 Å². The molecule has 2 saturated heterocycles. The Bertz CT molecular complexity index is 1620. The number of hydrogen-bond donors (Lipinski definition) is 9. The monoisotopic (exact) mass is 1250 g/mol. The predicted molar refractivity (Wildman–Crippen MR) is 360 cm³/mol. The average molecular weight is 1250 g/mol. The molecule has 0 saturated carbocycles. The third kappa shape index (κ3) is 42.4. The van der Waals surface area contributed by atoms with Gasteiger partial charge in [0.25, 0.3) is 0 Å². The van der Waals surface area contributed by atoms with Crippen LogP contribution in [0.4, 0.5) is 0 Å². The van der Waals surface area contributed by atoms with Crippen molar-refractivity contribution in [1.82, 2.24) is 5.32 Å². The number of carbonyl (C=O) groups excluding carboxylic acids is 1. The fraction of sp³-hybridized carbons (Fsp3) is 0.905. The van der Waals surface area contributed by atoms with Crippen LogP contribution in [0.25, 0.3) is 0 Å². The van der Waals surface area contributed by atoms with Crippen molar-refractivity contribution in [2.45, 2.75) is 408 Å². The molecule has 0 spiro atoms. The second-order valence-corrected chi connectivity index (χ2v) is 26.4. The number of amides is 1. The van der Waals surface area contributed by atoms with Crippen LogP contribution >= 0.6 is 0 Å². The van der Waals surface area contributed by atoms with Crippen LogP contribution in [0.2, 0.25) is 0 Å². The second-order valence-electron chi connectivity index (χ2n) is 26.4. The highest BCUT2D eigenvalue weighted by molar-refractivity contribution is 5.76. The third-order valence-corrected chi connectivity index (χ3v) is 18.3. The van der Waals surface area contributed by atoms with Gasteiger partial charge in [0.05, 0.1) is 32.0 Å². The lowest BCUT2D eigenvalue weighted by molar-refractivity contribution is -0.359. The van der Waals surface area contributed by atoms with E-state index in [0.717, 1.165) is 32.1 Å². The normalized spacial score (nSPS) is 23.3. The number of aliphatic hydroxyl groups is 8. The van der Waals surface area contributed by atoms with E-state index >= 15 is 0 Å². The Kier molecular flexibility index (Phi) is 55.2. The molecule has 2 fully saturated rings. The molecule has 2 aliphatic heterocycles. The molecular formula is C74H139NO13. The van der Waals surface area contributed by atoms with Crippen LogP contribution in [0.15, 0.2) is 36.5 Å². The standard InChI is InChI=1S/C74H139NO13/c1-3-5-7-9-11-13-15-17-19-21-22-23-24-25-26-27-28-29-30-31-32-33-34-35-36-37-38-39-40-42-44-46-48-50-52-54-56-58-66(79)75-62(63(78)57-55-53-51-49-47-45-43-41-20-18-16-14-12-10-8-6-4-2)61-85-73-71(84)69(82)72(65(60-77)87-73)88-74-70(83)68(81)67(80)64(59-76)86-74/h21-22,47,49,55,57,62-65,67-74,76-78,80-84H,3-20,23-46,48,50-54,56,58-61H2,1-2H3,(H,75,79)/b22-21-,49-47+,57-55+. The molecule has 0 radical (unpaired) electrons. The number of rotatable bonds is 62. The lowest BCUT2D eigenvalue weighted by atomic mass is 9.97. The summed E-state index contributed by atoms with van der Waals surface area (Å²) in [6.07, 6.45) is 59.5. The van der Waals surface area contributed by atoms with Gasteiger partial charge in [-0.3, -0.25) is 4.79 Å². The number of aliphatic hydroxyl groups excluding tert-OH is 8. The molecule has 0 aromatic heterocycles. The van der Waals surface area contributed by atoms with Gasteiger partial charge in [-0.25, -0.2) is 0 Å². The number of nitrogens with one attached hydrogen (secondary N) is 1. The van der Waals surface area contributed by atoms with Gasteiger partial charge in [-0.1, -0.05) is 307 Å². The summed E-state index contributed by atoms with van der Waals surface area (Å²) in [5.74, 6) is -0.243. The highest BCUT2D eigenvalue weighted by Gasteiger charge is 2.51. The molecule has 0 aromatic rings. The van der Waals surface area contributed by atoms with Crippen molar-refractivity contribution < 1.29 is 64.6 Å². The smallest absolute Gasteiger partial charge is 0.220 e. The first-order chi connectivity index (χ1) is 43.1. The first-order valence-corrected chi connectivity index (χ1v) is 37.2. The molecule has 14 heteroatoms. The molecule has 0 bridgehead atoms. The largest absolute Gasteiger partial charge is 0.394 e. The maximum absolute atomic E-state index is 13.3. The summed E-state index contributed by atoms with van der Waals surface area (Å²) in [5.41, 5.74) is 0. The molecule has 2 aliphatic rings. The van der Waals surface area contributed by atoms with E-state index in [0.29, 0.717) is 12.8 Å². The molecule has 1 amide bonds. The molecule has 2 heterocycles. The van der Waals surface area contributed by atoms with Crippen molar-refractivity contribution in [1.29, 1.82) is 0 Å². The first-order valence-electron chi connectivity index (χ1n) is 37.2. The van der Waals surface area contributed by atoms with Crippen LogP contribution in [0.1, 0.15) is 335 Å². The number of ether oxygens (including phenoxy) is 4. The lowest BCUT2D eigenvalue weighted by Gasteiger charge is -2.46. The summed E-state index contributed by atoms with van der Waals surface area (Å²) in [5, 5.41) is 87.4. The molecule has 12 atom stereocenters. The Hall–Kier alpha value is -1.79. The Morgan fingerprint density at radius 2 is 0.727 bits per heavy atom. The van der Waals surface area contributed by atoms with E-state index in [4.69, 9.17) is 18.9 Å². The van der Waals surface area contributed by atoms with E-state index in [1.807, 2.05) is 6.08 Å². The molecule has 14 nitrogen and oxygen atoms in total. The summed E-state index contributed by atoms with van der Waals surface area (Å²) in [6, 6.07) is -0.930. The van der Waals surface area contributed by atoms with Gasteiger partial charge in [-0.15, -0.1) is 0 Å². The van der Waals surface area contributed by atoms with E-state index in [9.17, 15) is 45.6 Å². The van der Waals surface area contributed by atoms with Crippen LogP contribution in [0.3, 0.4) is 0 Å². The minimum Gasteiger partial charge on any atom is -0.394 e. The Morgan fingerprint density at radius 1 is 0.398 bits per heavy atom. The highest BCUT2D eigenvalue weighted by Crippen LogP contribution is 2.30. The zero-order chi connectivity index (χ0) is 63.8. The van der Waals surface area contributed by atoms with Crippen LogP contribution in [-0.4, -0.2) is 140 Å². The van der Waals surface area contributed by atoms with Crippen LogP contribution in [0, 0.1) is 0 Å². The molecule has 12 unspecified atom stereocenters. The Balaban J connectivity index is 1.59. The number of allylic oxidation sites excluding steroid dienone is 5. The van der Waals surface area contributed by atoms with Crippen molar-refractivity contribution in [3.63, 3.8) is 0 Å². The summed E-state index contributed by atoms with van der Waals surface area (Å²) < 4.78 is 22.8. The SMILES string of the molecule is CCCCCCCCCC/C=C\CCCCCCCCCCCCCCCCCCCCCCCCCCCC(=O)NC(COC1OC(CO)C(OC2OC(CO)C(O)C(O)C2O)C(O)C1O)C(O)/C=C/CC/C=C/CCCCCCCCCCCCC. The number of carbonyl (C=O) groups is 1. The van der Waals surface area contributed by atoms with Gasteiger partial charge in [-0.05, 0) is 57.8 Å². The highest BCUT2D eigenvalue weighted by atomic mass is 16.7. The minimum atomic E-state index is -1.79. The van der Waals surface area contributed by atoms with Gasteiger partial charge < -0.3 is 65.1 Å². The van der Waals surface area contributed by atoms with Gasteiger partial charge in [0, 0.05) is 6.42 Å². The van der Waals surface area contributed by atoms with Crippen LogP contribution < -0.4 is 5.32 Å². The molecular weight excluding hydrogens is 1110 g/mol. The van der Waals surface area contributed by atoms with Gasteiger partial charge >= 0.3 is 0 Å². The lowest BCUT2D eigenvalue weighted by Crippen LogP contribution is -2.65. The van der Waals surface area contributed by atoms with Crippen molar-refractivity contribution in [2.24, 2.45) is 0 Å². The van der Waals surface area contributed by atoms with E-state index in [1.165, 1.54) is 270 Å². The third-order valence-electron chi connectivity index (χ3n) is 18.3. The topological polar surface area (TPSA) is 228 Å². The van der Waals surface area contributed by atoms with E-state index in [1.54, 1.807) is 6.08 Å². The second kappa shape index (κ2) is 59.0. The van der Waals surface area contributed by atoms with Gasteiger partial charge in [0.2, 0.25) is 5.91 Å². The average Bonchev–Trinajstić information content (AvgIpc) is 2.07. The Labute approximate surface area is 538 Å².